The van der Waals surface area contributed by atoms with Crippen molar-refractivity contribution in [1.82, 2.24) is 9.88 Å². The molecule has 0 bridgehead atoms. The topological polar surface area (TPSA) is 94.1 Å². The van der Waals surface area contributed by atoms with E-state index >= 15 is 0 Å². The van der Waals surface area contributed by atoms with Gasteiger partial charge in [0.1, 0.15) is 24.6 Å². The summed E-state index contributed by atoms with van der Waals surface area (Å²) in [6.45, 7) is 4.14. The third kappa shape index (κ3) is 3.72. The number of Topliss-reactive ketones (excluding diaryl/α,β-unsaturated/α-hetero) is 2. The predicted octanol–water partition coefficient (Wildman–Crippen LogP) is 0.694. The summed E-state index contributed by atoms with van der Waals surface area (Å²) < 4.78 is 11.1. The maximum atomic E-state index is 13.5. The van der Waals surface area contributed by atoms with E-state index in [1.165, 1.54) is 9.80 Å². The van der Waals surface area contributed by atoms with Crippen molar-refractivity contribution in [3.8, 4) is 0 Å². The molecule has 2 aliphatic heterocycles. The second kappa shape index (κ2) is 8.64. The molecule has 1 N–H and O–H groups in total. The zero-order chi connectivity index (χ0) is 22.1. The van der Waals surface area contributed by atoms with E-state index < -0.39 is 29.4 Å². The number of carbonyl (C=O) groups excluding carboxylic acids is 3. The maximum absolute atomic E-state index is 13.5. The van der Waals surface area contributed by atoms with Crippen LogP contribution < -0.4 is 4.90 Å². The number of likely N-dealkylation sites (tertiary alicyclic amines) is 1. The first-order chi connectivity index (χ1) is 15.6. The van der Waals surface area contributed by atoms with Gasteiger partial charge in [0.2, 0.25) is 11.6 Å². The number of hydrogen-bond acceptors (Lipinski definition) is 6. The molecular formula is C24H24N3O5+. The third-order valence-corrected chi connectivity index (χ3v) is 6.29. The fourth-order valence-electron chi connectivity index (χ4n) is 4.60. The van der Waals surface area contributed by atoms with Crippen LogP contribution in [0.2, 0.25) is 0 Å². The fourth-order valence-corrected chi connectivity index (χ4v) is 4.60. The number of fused-ring (bicyclic) bond motifs is 1. The summed E-state index contributed by atoms with van der Waals surface area (Å²) in [6.07, 6.45) is 3.24. The van der Waals surface area contributed by atoms with Crippen molar-refractivity contribution in [2.45, 2.75) is 6.04 Å². The van der Waals surface area contributed by atoms with Gasteiger partial charge in [-0.3, -0.25) is 19.4 Å². The van der Waals surface area contributed by atoms with Crippen LogP contribution in [0, 0.1) is 5.92 Å². The lowest BCUT2D eigenvalue weighted by Crippen LogP contribution is -3.14. The average Bonchev–Trinajstić information content (AvgIpc) is 3.38. The molecule has 0 saturated carbocycles. The highest BCUT2D eigenvalue weighted by atomic mass is 16.5. The van der Waals surface area contributed by atoms with Gasteiger partial charge < -0.3 is 19.0 Å². The maximum Gasteiger partial charge on any atom is 0.291 e. The van der Waals surface area contributed by atoms with E-state index in [2.05, 4.69) is 4.98 Å². The van der Waals surface area contributed by atoms with Crippen LogP contribution >= 0.6 is 0 Å². The second-order valence-electron chi connectivity index (χ2n) is 8.20. The van der Waals surface area contributed by atoms with E-state index in [0.717, 1.165) is 18.5 Å². The van der Waals surface area contributed by atoms with Gasteiger partial charge in [0.25, 0.3) is 5.91 Å². The first kappa shape index (κ1) is 20.5. The molecule has 1 aromatic carbocycles. The molecule has 0 aliphatic carbocycles. The number of pyridine rings is 1. The Hall–Kier alpha value is -3.36. The number of rotatable bonds is 6. The van der Waals surface area contributed by atoms with Gasteiger partial charge in [0.05, 0.1) is 32.3 Å². The summed E-state index contributed by atoms with van der Waals surface area (Å²) in [7, 11) is 0. The molecule has 2 fully saturated rings. The second-order valence-corrected chi connectivity index (χ2v) is 8.20. The highest BCUT2D eigenvalue weighted by molar-refractivity contribution is 6.43. The molecule has 0 spiro atoms. The number of benzene rings is 1. The third-order valence-electron chi connectivity index (χ3n) is 6.29. The molecule has 2 unspecified atom stereocenters. The summed E-state index contributed by atoms with van der Waals surface area (Å²) >= 11 is 0. The van der Waals surface area contributed by atoms with Gasteiger partial charge in [-0.2, -0.15) is 0 Å². The van der Waals surface area contributed by atoms with Crippen LogP contribution in [0.15, 0.2) is 59.3 Å². The van der Waals surface area contributed by atoms with Crippen LogP contribution in [0.3, 0.4) is 0 Å². The van der Waals surface area contributed by atoms with Gasteiger partial charge >= 0.3 is 0 Å². The number of nitrogens with one attached hydrogen (secondary N) is 1. The first-order valence-electron chi connectivity index (χ1n) is 10.8. The van der Waals surface area contributed by atoms with Crippen molar-refractivity contribution >= 4 is 28.4 Å². The van der Waals surface area contributed by atoms with Gasteiger partial charge in [0, 0.05) is 17.8 Å². The standard InChI is InChI=1S/C24H23N3O5/c28-22(19-14-16-4-1-2-6-18(16)32-19)20-21(17-5-3-7-25-15-17)27(24(30)23(20)29)9-8-26-10-12-31-13-11-26/h1-7,14-15,20-21H,8-13H2/p+1. The number of ether oxygens (including phenoxy) is 1. The van der Waals surface area contributed by atoms with Crippen molar-refractivity contribution in [2.75, 3.05) is 39.4 Å². The van der Waals surface area contributed by atoms with Gasteiger partial charge in [-0.05, 0) is 23.8 Å². The minimum Gasteiger partial charge on any atom is -0.453 e. The lowest BCUT2D eigenvalue weighted by molar-refractivity contribution is -0.907. The minimum absolute atomic E-state index is 0.0897. The molecule has 2 aromatic heterocycles. The molecule has 3 aromatic rings. The van der Waals surface area contributed by atoms with E-state index in [4.69, 9.17) is 9.15 Å². The zero-order valence-electron chi connectivity index (χ0n) is 17.5. The lowest BCUT2D eigenvalue weighted by Gasteiger charge is -2.29. The van der Waals surface area contributed by atoms with Crippen molar-refractivity contribution in [1.29, 1.82) is 0 Å². The number of amides is 1. The normalized spacial score (nSPS) is 22.1. The molecule has 1 amide bonds. The van der Waals surface area contributed by atoms with Crippen LogP contribution in [-0.4, -0.2) is 66.8 Å². The van der Waals surface area contributed by atoms with Crippen LogP contribution in [-0.2, 0) is 14.3 Å². The number of para-hydroxylation sites is 1. The zero-order valence-corrected chi connectivity index (χ0v) is 17.5. The number of morpholine rings is 1. The number of carbonyl (C=O) groups is 3. The van der Waals surface area contributed by atoms with Crippen molar-refractivity contribution in [3.63, 3.8) is 0 Å². The van der Waals surface area contributed by atoms with Gasteiger partial charge in [-0.15, -0.1) is 0 Å². The Morgan fingerprint density at radius 3 is 2.69 bits per heavy atom. The molecule has 4 heterocycles. The Balaban J connectivity index is 1.47. The molecule has 32 heavy (non-hydrogen) atoms. The molecule has 2 atom stereocenters. The summed E-state index contributed by atoms with van der Waals surface area (Å²) in [5.41, 5.74) is 1.23. The molecule has 8 heteroatoms. The van der Waals surface area contributed by atoms with E-state index in [1.807, 2.05) is 18.2 Å². The minimum atomic E-state index is -1.16. The summed E-state index contributed by atoms with van der Waals surface area (Å²) in [5, 5.41) is 0.776. The highest BCUT2D eigenvalue weighted by Crippen LogP contribution is 2.38. The van der Waals surface area contributed by atoms with Crippen molar-refractivity contribution in [2.24, 2.45) is 5.92 Å². The lowest BCUT2D eigenvalue weighted by atomic mass is 9.89. The predicted molar refractivity (Wildman–Crippen MR) is 114 cm³/mol. The Bertz CT molecular complexity index is 1120. The first-order valence-corrected chi connectivity index (χ1v) is 10.8. The van der Waals surface area contributed by atoms with Crippen LogP contribution in [0.5, 0.6) is 0 Å². The van der Waals surface area contributed by atoms with Gasteiger partial charge in [0.15, 0.2) is 5.76 Å². The molecule has 8 nitrogen and oxygen atoms in total. The largest absolute Gasteiger partial charge is 0.453 e. The summed E-state index contributed by atoms with van der Waals surface area (Å²) in [4.78, 5) is 46.6. The molecule has 2 saturated heterocycles. The Morgan fingerprint density at radius 1 is 1.12 bits per heavy atom. The average molecular weight is 434 g/mol. The number of aromatic nitrogens is 1. The number of quaternary nitrogens is 1. The van der Waals surface area contributed by atoms with E-state index in [0.29, 0.717) is 37.4 Å². The fraction of sp³-hybridized carbons (Fsp3) is 0.333. The molecule has 164 valence electrons. The van der Waals surface area contributed by atoms with E-state index in [-0.39, 0.29) is 5.76 Å². The number of furan rings is 1. The molecule has 0 radical (unpaired) electrons. The number of ketones is 2. The van der Waals surface area contributed by atoms with Crippen LogP contribution in [0.4, 0.5) is 0 Å². The summed E-state index contributed by atoms with van der Waals surface area (Å²) in [6, 6.07) is 11.8. The quantitative estimate of drug-likeness (QED) is 0.349. The van der Waals surface area contributed by atoms with Gasteiger partial charge in [-0.25, -0.2) is 0 Å². The monoisotopic (exact) mass is 434 g/mol. The van der Waals surface area contributed by atoms with Crippen LogP contribution in [0.25, 0.3) is 11.0 Å². The Labute approximate surface area is 184 Å². The number of hydrogen-bond donors (Lipinski definition) is 1. The molecular weight excluding hydrogens is 410 g/mol. The van der Waals surface area contributed by atoms with Crippen LogP contribution in [0.1, 0.15) is 22.2 Å². The molecule has 5 rings (SSSR count). The van der Waals surface area contributed by atoms with E-state index in [1.54, 1.807) is 36.7 Å². The van der Waals surface area contributed by atoms with Crippen molar-refractivity contribution < 1.29 is 28.4 Å². The van der Waals surface area contributed by atoms with Crippen molar-refractivity contribution in [3.05, 3.63) is 66.2 Å². The number of nitrogens with zero attached hydrogens (tertiary/aromatic N) is 2. The molecule has 2 aliphatic rings. The highest BCUT2D eigenvalue weighted by Gasteiger charge is 2.52. The summed E-state index contributed by atoms with van der Waals surface area (Å²) in [5.74, 6) is -2.87. The Kier molecular flexibility index (Phi) is 5.55. The van der Waals surface area contributed by atoms with E-state index in [9.17, 15) is 14.4 Å². The SMILES string of the molecule is O=C1C(=O)N(CC[NH+]2CCOCC2)C(c2cccnc2)C1C(=O)c1cc2ccccc2o1. The van der Waals surface area contributed by atoms with Gasteiger partial charge in [-0.1, -0.05) is 24.3 Å². The Morgan fingerprint density at radius 2 is 1.94 bits per heavy atom. The smallest absolute Gasteiger partial charge is 0.291 e.